The third kappa shape index (κ3) is 2.27. The molecule has 1 unspecified atom stereocenters. The van der Waals surface area contributed by atoms with E-state index in [9.17, 15) is 0 Å². The maximum atomic E-state index is 6.32. The molecule has 4 nitrogen and oxygen atoms in total. The molecule has 1 aromatic heterocycles. The number of aromatic amines is 1. The highest BCUT2D eigenvalue weighted by Crippen LogP contribution is 2.34. The summed E-state index contributed by atoms with van der Waals surface area (Å²) in [5.74, 6) is 0. The minimum absolute atomic E-state index is 0.718. The summed E-state index contributed by atoms with van der Waals surface area (Å²) in [5, 5.41) is 6.85. The third-order valence-electron chi connectivity index (χ3n) is 4.86. The van der Waals surface area contributed by atoms with Crippen molar-refractivity contribution in [3.8, 4) is 0 Å². The summed E-state index contributed by atoms with van der Waals surface area (Å²) in [6, 6.07) is 24.4. The van der Waals surface area contributed by atoms with Crippen molar-refractivity contribution in [2.75, 3.05) is 11.1 Å². The second kappa shape index (κ2) is 5.49. The maximum absolute atomic E-state index is 6.32. The molecular formula is C22H18N4. The zero-order valence-corrected chi connectivity index (χ0v) is 14.1. The van der Waals surface area contributed by atoms with E-state index >= 15 is 0 Å². The Kier molecular flexibility index (Phi) is 3.12. The fourth-order valence-electron chi connectivity index (χ4n) is 3.62. The van der Waals surface area contributed by atoms with Crippen LogP contribution in [0.5, 0.6) is 0 Å². The normalized spacial score (nSPS) is 18.2. The summed E-state index contributed by atoms with van der Waals surface area (Å²) in [6.07, 6.45) is 4.09. The van der Waals surface area contributed by atoms with Crippen molar-refractivity contribution in [1.29, 1.82) is 0 Å². The molecule has 1 aliphatic rings. The summed E-state index contributed by atoms with van der Waals surface area (Å²) in [5.41, 5.74) is 9.37. The minimum Gasteiger partial charge on any atom is -0.398 e. The topological polar surface area (TPSA) is 66.2 Å². The van der Waals surface area contributed by atoms with Gasteiger partial charge < -0.3 is 16.0 Å². The smallest absolute Gasteiger partial charge is 0.178 e. The van der Waals surface area contributed by atoms with Gasteiger partial charge >= 0.3 is 0 Å². The Balaban J connectivity index is 1.70. The number of para-hydroxylation sites is 2. The first-order chi connectivity index (χ1) is 12.7. The monoisotopic (exact) mass is 338 g/mol. The number of fused-ring (bicyclic) bond motifs is 2. The van der Waals surface area contributed by atoms with Crippen LogP contribution in [0.1, 0.15) is 5.56 Å². The summed E-state index contributed by atoms with van der Waals surface area (Å²) in [6.45, 7) is 0. The van der Waals surface area contributed by atoms with Crippen LogP contribution in [-0.4, -0.2) is 4.98 Å². The molecule has 1 atom stereocenters. The number of H-pyrrole nitrogens is 1. The lowest BCUT2D eigenvalue weighted by molar-refractivity contribution is 0.689. The molecule has 0 bridgehead atoms. The van der Waals surface area contributed by atoms with E-state index in [0.717, 1.165) is 38.4 Å². The largest absolute Gasteiger partial charge is 0.398 e. The van der Waals surface area contributed by atoms with Crippen LogP contribution < -0.4 is 21.6 Å². The fourth-order valence-corrected chi connectivity index (χ4v) is 3.62. The van der Waals surface area contributed by atoms with E-state index < -0.39 is 5.66 Å². The highest BCUT2D eigenvalue weighted by molar-refractivity contribution is 5.83. The van der Waals surface area contributed by atoms with Gasteiger partial charge in [0.05, 0.1) is 5.36 Å². The van der Waals surface area contributed by atoms with E-state index in [4.69, 9.17) is 10.7 Å². The number of benzene rings is 3. The Hall–Kier alpha value is -3.53. The van der Waals surface area contributed by atoms with Crippen LogP contribution in [0.3, 0.4) is 0 Å². The number of hydrogen-bond acceptors (Lipinski definition) is 3. The Morgan fingerprint density at radius 1 is 0.923 bits per heavy atom. The van der Waals surface area contributed by atoms with Gasteiger partial charge in [0, 0.05) is 39.3 Å². The maximum Gasteiger partial charge on any atom is 0.178 e. The highest BCUT2D eigenvalue weighted by Gasteiger charge is 2.33. The van der Waals surface area contributed by atoms with Crippen LogP contribution >= 0.6 is 0 Å². The van der Waals surface area contributed by atoms with Gasteiger partial charge in [0.25, 0.3) is 0 Å². The molecule has 26 heavy (non-hydrogen) atoms. The van der Waals surface area contributed by atoms with Crippen LogP contribution in [0.4, 0.5) is 11.4 Å². The molecule has 1 aliphatic heterocycles. The van der Waals surface area contributed by atoms with Crippen LogP contribution in [0.15, 0.2) is 84.0 Å². The van der Waals surface area contributed by atoms with Gasteiger partial charge in [0.1, 0.15) is 0 Å². The molecule has 3 aromatic carbocycles. The zero-order chi connectivity index (χ0) is 17.6. The van der Waals surface area contributed by atoms with E-state index in [1.807, 2.05) is 48.7 Å². The first-order valence-electron chi connectivity index (χ1n) is 8.62. The van der Waals surface area contributed by atoms with Crippen molar-refractivity contribution in [3.63, 3.8) is 0 Å². The Morgan fingerprint density at radius 2 is 1.77 bits per heavy atom. The van der Waals surface area contributed by atoms with Crippen molar-refractivity contribution >= 4 is 28.4 Å². The number of nitrogens with one attached hydrogen (secondary N) is 2. The number of rotatable bonds is 3. The predicted molar refractivity (Wildman–Crippen MR) is 106 cm³/mol. The van der Waals surface area contributed by atoms with E-state index in [-0.39, 0.29) is 0 Å². The Labute approximate surface area is 150 Å². The summed E-state index contributed by atoms with van der Waals surface area (Å²) >= 11 is 0. The fraction of sp³-hybridized carbons (Fsp3) is 0.0455. The van der Waals surface area contributed by atoms with Gasteiger partial charge in [0.2, 0.25) is 0 Å². The summed E-state index contributed by atoms with van der Waals surface area (Å²) < 4.78 is 0. The lowest BCUT2D eigenvalue weighted by atomic mass is 9.97. The molecule has 0 amide bonds. The van der Waals surface area contributed by atoms with Crippen molar-refractivity contribution in [2.45, 2.75) is 5.66 Å². The second-order valence-corrected chi connectivity index (χ2v) is 6.57. The first-order valence-corrected chi connectivity index (χ1v) is 8.62. The molecule has 0 saturated carbocycles. The SMILES string of the molecule is Nc1ccccc1C1(Nc2ccc3[nH]ccc3c2)C=c2ccccc2=N1. The number of nitrogens with two attached hydrogens (primary N) is 1. The number of nitrogen functional groups attached to an aromatic ring is 1. The zero-order valence-electron chi connectivity index (χ0n) is 14.1. The van der Waals surface area contributed by atoms with Crippen molar-refractivity contribution in [3.05, 3.63) is 95.1 Å². The number of nitrogens with zero attached hydrogens (tertiary/aromatic N) is 1. The predicted octanol–water partition coefficient (Wildman–Crippen LogP) is 3.13. The molecule has 4 heteroatoms. The van der Waals surface area contributed by atoms with Gasteiger partial charge in [-0.3, -0.25) is 0 Å². The molecule has 126 valence electrons. The lowest BCUT2D eigenvalue weighted by Gasteiger charge is -2.29. The van der Waals surface area contributed by atoms with Gasteiger partial charge in [-0.2, -0.15) is 0 Å². The van der Waals surface area contributed by atoms with E-state index in [2.05, 4.69) is 46.7 Å². The van der Waals surface area contributed by atoms with Crippen LogP contribution in [-0.2, 0) is 5.66 Å². The number of hydrogen-bond donors (Lipinski definition) is 3. The molecule has 0 saturated heterocycles. The molecule has 0 aliphatic carbocycles. The molecule has 0 radical (unpaired) electrons. The standard InChI is InChI=1S/C22H18N4/c23-19-7-3-2-6-18(19)22(14-16-5-1-4-8-21(16)26-22)25-17-9-10-20-15(13-17)11-12-24-20/h1-14,24-25H,23H2. The average molecular weight is 338 g/mol. The van der Waals surface area contributed by atoms with Gasteiger partial charge in [-0.15, -0.1) is 0 Å². The van der Waals surface area contributed by atoms with Crippen molar-refractivity contribution in [2.24, 2.45) is 4.99 Å². The van der Waals surface area contributed by atoms with Crippen molar-refractivity contribution in [1.82, 2.24) is 4.98 Å². The third-order valence-corrected chi connectivity index (χ3v) is 4.86. The van der Waals surface area contributed by atoms with E-state index in [1.54, 1.807) is 0 Å². The average Bonchev–Trinajstić information content (AvgIpc) is 3.26. The van der Waals surface area contributed by atoms with E-state index in [1.165, 1.54) is 0 Å². The van der Waals surface area contributed by atoms with Crippen LogP contribution in [0, 0.1) is 0 Å². The molecular weight excluding hydrogens is 320 g/mol. The molecule has 4 N–H and O–H groups in total. The quantitative estimate of drug-likeness (QED) is 0.503. The summed E-state index contributed by atoms with van der Waals surface area (Å²) in [4.78, 5) is 8.25. The Morgan fingerprint density at radius 3 is 2.65 bits per heavy atom. The van der Waals surface area contributed by atoms with Crippen LogP contribution in [0.2, 0.25) is 0 Å². The van der Waals surface area contributed by atoms with Gasteiger partial charge in [0.15, 0.2) is 5.66 Å². The van der Waals surface area contributed by atoms with Gasteiger partial charge in [-0.1, -0.05) is 36.4 Å². The molecule has 0 fully saturated rings. The number of aromatic nitrogens is 1. The highest BCUT2D eigenvalue weighted by atomic mass is 15.1. The minimum atomic E-state index is -0.723. The Bertz CT molecular complexity index is 1200. The van der Waals surface area contributed by atoms with Gasteiger partial charge in [-0.25, -0.2) is 4.99 Å². The first kappa shape index (κ1) is 14.8. The van der Waals surface area contributed by atoms with Crippen LogP contribution in [0.25, 0.3) is 17.0 Å². The summed E-state index contributed by atoms with van der Waals surface area (Å²) in [7, 11) is 0. The lowest BCUT2D eigenvalue weighted by Crippen LogP contribution is -2.31. The molecule has 0 spiro atoms. The van der Waals surface area contributed by atoms with Crippen molar-refractivity contribution < 1.29 is 0 Å². The number of anilines is 2. The van der Waals surface area contributed by atoms with Gasteiger partial charge in [-0.05, 0) is 42.5 Å². The van der Waals surface area contributed by atoms with E-state index in [0.29, 0.717) is 0 Å². The molecule has 5 rings (SSSR count). The second-order valence-electron chi connectivity index (χ2n) is 6.57. The molecule has 4 aromatic rings. The molecule has 2 heterocycles.